The molecule has 1 aromatic carbocycles. The average Bonchev–Trinajstić information content (AvgIpc) is 2.27. The van der Waals surface area contributed by atoms with E-state index >= 15 is 0 Å². The number of amides is 1. The van der Waals surface area contributed by atoms with Crippen molar-refractivity contribution in [3.63, 3.8) is 0 Å². The van der Waals surface area contributed by atoms with E-state index in [4.69, 9.17) is 0 Å². The zero-order chi connectivity index (χ0) is 14.6. The lowest BCUT2D eigenvalue weighted by molar-refractivity contribution is -0.137. The monoisotopic (exact) mass is 276 g/mol. The van der Waals surface area contributed by atoms with Gasteiger partial charge in [-0.2, -0.15) is 13.2 Å². The molecule has 0 unspecified atom stereocenters. The van der Waals surface area contributed by atoms with Crippen molar-refractivity contribution in [3.8, 4) is 0 Å². The smallest absolute Gasteiger partial charge is 0.356 e. The molecule has 0 aromatic heterocycles. The Bertz CT molecular complexity index is 459. The van der Waals surface area contributed by atoms with Crippen molar-refractivity contribution in [1.29, 1.82) is 0 Å². The molecule has 0 saturated heterocycles. The van der Waals surface area contributed by atoms with Crippen LogP contribution in [0.3, 0.4) is 0 Å². The summed E-state index contributed by atoms with van der Waals surface area (Å²) >= 11 is 0. The molecule has 1 amide bonds. The number of hydroxylamine groups is 1. The Kier molecular flexibility index (Phi) is 4.77. The number of rotatable bonds is 4. The van der Waals surface area contributed by atoms with E-state index in [9.17, 15) is 23.2 Å². The molecule has 0 aliphatic heterocycles. The Morgan fingerprint density at radius 2 is 2.05 bits per heavy atom. The zero-order valence-electron chi connectivity index (χ0n) is 10.6. The van der Waals surface area contributed by atoms with E-state index in [0.717, 1.165) is 12.1 Å². The summed E-state index contributed by atoms with van der Waals surface area (Å²) in [5.41, 5.74) is -0.237. The summed E-state index contributed by atoms with van der Waals surface area (Å²) in [7, 11) is 1.25. The van der Waals surface area contributed by atoms with E-state index in [1.54, 1.807) is 0 Å². The van der Waals surface area contributed by atoms with Crippen molar-refractivity contribution >= 4 is 11.6 Å². The lowest BCUT2D eigenvalue weighted by atomic mass is 10.1. The van der Waals surface area contributed by atoms with Crippen LogP contribution < -0.4 is 10.4 Å². The van der Waals surface area contributed by atoms with Crippen molar-refractivity contribution in [1.82, 2.24) is 5.32 Å². The number of anilines is 1. The highest BCUT2D eigenvalue weighted by molar-refractivity contribution is 5.72. The Balaban J connectivity index is 2.95. The molecular weight excluding hydrogens is 261 g/mol. The molecule has 0 aliphatic rings. The number of carbonyl (C=O) groups is 1. The van der Waals surface area contributed by atoms with Crippen LogP contribution in [0, 0.1) is 0 Å². The third-order valence-electron chi connectivity index (χ3n) is 2.53. The lowest BCUT2D eigenvalue weighted by Gasteiger charge is -2.18. The Hall–Kier alpha value is -1.76. The number of alkyl halides is 3. The average molecular weight is 276 g/mol. The standard InChI is InChI=1S/C12H15F3N2O2/c1-8(18)16-6-5-9-3-4-10(12(13,14)15)7-11(9)17(2)19/h3-4,7,19H,5-6H2,1-2H3,(H,16,18). The molecule has 106 valence electrons. The summed E-state index contributed by atoms with van der Waals surface area (Å²) in [4.78, 5) is 10.7. The number of hydrogen-bond acceptors (Lipinski definition) is 3. The fraction of sp³-hybridized carbons (Fsp3) is 0.417. The van der Waals surface area contributed by atoms with Gasteiger partial charge >= 0.3 is 6.18 Å². The van der Waals surface area contributed by atoms with Gasteiger partial charge in [0, 0.05) is 20.5 Å². The number of hydrogen-bond donors (Lipinski definition) is 2. The maximum absolute atomic E-state index is 12.6. The molecule has 1 aromatic rings. The van der Waals surface area contributed by atoms with Gasteiger partial charge in [-0.1, -0.05) is 6.07 Å². The van der Waals surface area contributed by atoms with Gasteiger partial charge < -0.3 is 5.32 Å². The molecule has 0 radical (unpaired) electrons. The third-order valence-corrected chi connectivity index (χ3v) is 2.53. The number of benzene rings is 1. The fourth-order valence-electron chi connectivity index (χ4n) is 1.63. The van der Waals surface area contributed by atoms with E-state index in [1.807, 2.05) is 0 Å². The first-order valence-electron chi connectivity index (χ1n) is 5.59. The highest BCUT2D eigenvalue weighted by Gasteiger charge is 2.31. The second-order valence-electron chi connectivity index (χ2n) is 4.10. The van der Waals surface area contributed by atoms with Crippen LogP contribution in [0.4, 0.5) is 18.9 Å². The first-order chi connectivity index (χ1) is 8.71. The molecule has 1 rings (SSSR count). The van der Waals surface area contributed by atoms with Gasteiger partial charge in [0.15, 0.2) is 0 Å². The van der Waals surface area contributed by atoms with Gasteiger partial charge in [-0.25, -0.2) is 0 Å². The first kappa shape index (κ1) is 15.3. The third kappa shape index (κ3) is 4.44. The Morgan fingerprint density at radius 3 is 2.53 bits per heavy atom. The van der Waals surface area contributed by atoms with Crippen LogP contribution in [0.5, 0.6) is 0 Å². The van der Waals surface area contributed by atoms with Gasteiger partial charge in [-0.3, -0.25) is 15.1 Å². The summed E-state index contributed by atoms with van der Waals surface area (Å²) in [5.74, 6) is -0.217. The van der Waals surface area contributed by atoms with E-state index in [1.165, 1.54) is 20.0 Å². The minimum Gasteiger partial charge on any atom is -0.356 e. The fourth-order valence-corrected chi connectivity index (χ4v) is 1.63. The van der Waals surface area contributed by atoms with E-state index in [2.05, 4.69) is 5.32 Å². The zero-order valence-corrected chi connectivity index (χ0v) is 10.6. The molecule has 0 bridgehead atoms. The lowest BCUT2D eigenvalue weighted by Crippen LogP contribution is -2.23. The van der Waals surface area contributed by atoms with Crippen LogP contribution >= 0.6 is 0 Å². The highest BCUT2D eigenvalue weighted by atomic mass is 19.4. The molecule has 0 saturated carbocycles. The van der Waals surface area contributed by atoms with Crippen LogP contribution in [0.15, 0.2) is 18.2 Å². The largest absolute Gasteiger partial charge is 0.416 e. The molecule has 2 N–H and O–H groups in total. The molecule has 0 spiro atoms. The van der Waals surface area contributed by atoms with E-state index in [0.29, 0.717) is 23.6 Å². The highest BCUT2D eigenvalue weighted by Crippen LogP contribution is 2.33. The van der Waals surface area contributed by atoms with Crippen molar-refractivity contribution < 1.29 is 23.2 Å². The van der Waals surface area contributed by atoms with E-state index in [-0.39, 0.29) is 11.6 Å². The predicted octanol–water partition coefficient (Wildman–Crippen LogP) is 2.21. The van der Waals surface area contributed by atoms with E-state index < -0.39 is 11.7 Å². The quantitative estimate of drug-likeness (QED) is 0.829. The normalized spacial score (nSPS) is 11.3. The molecule has 0 aliphatic carbocycles. The Morgan fingerprint density at radius 1 is 1.42 bits per heavy atom. The van der Waals surface area contributed by atoms with Crippen molar-refractivity contribution in [2.45, 2.75) is 19.5 Å². The van der Waals surface area contributed by atoms with Gasteiger partial charge in [0.25, 0.3) is 0 Å². The maximum atomic E-state index is 12.6. The molecule has 19 heavy (non-hydrogen) atoms. The Labute approximate surface area is 108 Å². The summed E-state index contributed by atoms with van der Waals surface area (Å²) in [5, 5.41) is 12.6. The van der Waals surface area contributed by atoms with Gasteiger partial charge in [-0.05, 0) is 24.1 Å². The summed E-state index contributed by atoms with van der Waals surface area (Å²) in [6.45, 7) is 1.65. The van der Waals surface area contributed by atoms with Gasteiger partial charge in [0.1, 0.15) is 0 Å². The number of carbonyl (C=O) groups excluding carboxylic acids is 1. The summed E-state index contributed by atoms with van der Waals surface area (Å²) in [6, 6.07) is 3.13. The summed E-state index contributed by atoms with van der Waals surface area (Å²) < 4.78 is 37.7. The van der Waals surface area contributed by atoms with Gasteiger partial charge in [-0.15, -0.1) is 0 Å². The molecule has 0 atom stereocenters. The minimum atomic E-state index is -4.46. The molecule has 0 heterocycles. The second-order valence-corrected chi connectivity index (χ2v) is 4.10. The van der Waals surface area contributed by atoms with Crippen molar-refractivity contribution in [2.75, 3.05) is 18.7 Å². The van der Waals surface area contributed by atoms with Crippen LogP contribution in [0.1, 0.15) is 18.1 Å². The van der Waals surface area contributed by atoms with Crippen molar-refractivity contribution in [2.24, 2.45) is 0 Å². The number of nitrogens with one attached hydrogen (secondary N) is 1. The minimum absolute atomic E-state index is 0.0696. The van der Waals surface area contributed by atoms with Gasteiger partial charge in [0.2, 0.25) is 5.91 Å². The van der Waals surface area contributed by atoms with Gasteiger partial charge in [0.05, 0.1) is 11.3 Å². The van der Waals surface area contributed by atoms with Crippen LogP contribution in [0.25, 0.3) is 0 Å². The predicted molar refractivity (Wildman–Crippen MR) is 64.0 cm³/mol. The van der Waals surface area contributed by atoms with Crippen LogP contribution in [-0.4, -0.2) is 24.7 Å². The molecular formula is C12H15F3N2O2. The van der Waals surface area contributed by atoms with Crippen LogP contribution in [0.2, 0.25) is 0 Å². The molecule has 4 nitrogen and oxygen atoms in total. The summed E-state index contributed by atoms with van der Waals surface area (Å²) in [6.07, 6.45) is -4.13. The number of halogens is 3. The number of nitrogens with zero attached hydrogens (tertiary/aromatic N) is 1. The van der Waals surface area contributed by atoms with Crippen molar-refractivity contribution in [3.05, 3.63) is 29.3 Å². The van der Waals surface area contributed by atoms with Crippen LogP contribution in [-0.2, 0) is 17.4 Å². The second kappa shape index (κ2) is 5.92. The first-order valence-corrected chi connectivity index (χ1v) is 5.59. The topological polar surface area (TPSA) is 52.6 Å². The molecule has 7 heteroatoms. The molecule has 0 fully saturated rings. The SMILES string of the molecule is CC(=O)NCCc1ccc(C(F)(F)F)cc1N(C)O. The maximum Gasteiger partial charge on any atom is 0.416 e.